The van der Waals surface area contributed by atoms with Crippen molar-refractivity contribution in [3.05, 3.63) is 39.7 Å². The maximum Gasteiger partial charge on any atom is 0.318 e. The fraction of sp³-hybridized carbons (Fsp3) is 0.550. The van der Waals surface area contributed by atoms with Crippen LogP contribution in [0.15, 0.2) is 21.9 Å². The number of thiazole rings is 1. The van der Waals surface area contributed by atoms with Crippen LogP contribution >= 0.6 is 11.3 Å². The van der Waals surface area contributed by atoms with Crippen molar-refractivity contribution >= 4 is 23.3 Å². The number of carbonyl (C=O) groups excluding carboxylic acids is 2. The van der Waals surface area contributed by atoms with Crippen LogP contribution in [0.5, 0.6) is 0 Å². The number of furan rings is 1. The number of amides is 3. The van der Waals surface area contributed by atoms with Gasteiger partial charge in [-0.1, -0.05) is 20.8 Å². The van der Waals surface area contributed by atoms with Gasteiger partial charge in [-0.05, 0) is 26.0 Å². The SMILES string of the molecule is Cc1ccc(C(=O)N2CCN(C(=O)NC(C)c3nc(C(C)(C)C)cs3)CC2)o1. The Morgan fingerprint density at radius 1 is 1.18 bits per heavy atom. The Balaban J connectivity index is 1.52. The molecule has 2 aromatic rings. The van der Waals surface area contributed by atoms with Crippen molar-refractivity contribution in [3.63, 3.8) is 0 Å². The summed E-state index contributed by atoms with van der Waals surface area (Å²) in [7, 11) is 0. The Bertz CT molecular complexity index is 844. The van der Waals surface area contributed by atoms with Gasteiger partial charge < -0.3 is 19.5 Å². The van der Waals surface area contributed by atoms with Gasteiger partial charge in [0.2, 0.25) is 0 Å². The standard InChI is InChI=1S/C20H28N4O3S/c1-13-6-7-15(27-13)18(25)23-8-10-24(11-9-23)19(26)21-14(2)17-22-16(12-28-17)20(3,4)5/h6-7,12,14H,8-11H2,1-5H3,(H,21,26). The minimum Gasteiger partial charge on any atom is -0.456 e. The topological polar surface area (TPSA) is 78.7 Å². The van der Waals surface area contributed by atoms with E-state index >= 15 is 0 Å². The number of hydrogen-bond acceptors (Lipinski definition) is 5. The first-order chi connectivity index (χ1) is 13.1. The van der Waals surface area contributed by atoms with Gasteiger partial charge in [0, 0.05) is 37.0 Å². The minimum atomic E-state index is -0.153. The molecule has 3 rings (SSSR count). The Morgan fingerprint density at radius 3 is 2.36 bits per heavy atom. The Kier molecular flexibility index (Phi) is 5.79. The summed E-state index contributed by atoms with van der Waals surface area (Å²) in [5.41, 5.74) is 1.03. The molecule has 3 amide bonds. The van der Waals surface area contributed by atoms with E-state index in [2.05, 4.69) is 36.5 Å². The average molecular weight is 405 g/mol. The molecule has 0 bridgehead atoms. The number of aryl methyl sites for hydroxylation is 1. The molecule has 0 aromatic carbocycles. The van der Waals surface area contributed by atoms with Gasteiger partial charge in [-0.3, -0.25) is 4.79 Å². The predicted molar refractivity (Wildman–Crippen MR) is 109 cm³/mol. The second kappa shape index (κ2) is 7.95. The molecule has 0 radical (unpaired) electrons. The molecule has 1 saturated heterocycles. The van der Waals surface area contributed by atoms with Crippen LogP contribution in [0.25, 0.3) is 0 Å². The summed E-state index contributed by atoms with van der Waals surface area (Å²) < 4.78 is 5.41. The molecule has 1 fully saturated rings. The van der Waals surface area contributed by atoms with E-state index < -0.39 is 0 Å². The largest absolute Gasteiger partial charge is 0.456 e. The molecular weight excluding hydrogens is 376 g/mol. The van der Waals surface area contributed by atoms with Gasteiger partial charge in [-0.2, -0.15) is 0 Å². The zero-order valence-corrected chi connectivity index (χ0v) is 17.9. The summed E-state index contributed by atoms with van der Waals surface area (Å²) in [4.78, 5) is 33.2. The lowest BCUT2D eigenvalue weighted by atomic mass is 9.93. The van der Waals surface area contributed by atoms with Gasteiger partial charge in [-0.25, -0.2) is 9.78 Å². The third-order valence-electron chi connectivity index (χ3n) is 4.81. The summed E-state index contributed by atoms with van der Waals surface area (Å²) in [5.74, 6) is 0.939. The molecule has 1 aliphatic rings. The van der Waals surface area contributed by atoms with E-state index in [1.807, 2.05) is 13.8 Å². The van der Waals surface area contributed by atoms with Gasteiger partial charge >= 0.3 is 6.03 Å². The lowest BCUT2D eigenvalue weighted by Gasteiger charge is -2.34. The van der Waals surface area contributed by atoms with Crippen LogP contribution in [0.1, 0.15) is 60.8 Å². The highest BCUT2D eigenvalue weighted by molar-refractivity contribution is 7.09. The first-order valence-electron chi connectivity index (χ1n) is 9.52. The minimum absolute atomic E-state index is 0.00607. The van der Waals surface area contributed by atoms with E-state index in [4.69, 9.17) is 4.42 Å². The van der Waals surface area contributed by atoms with Crippen LogP contribution in [0.2, 0.25) is 0 Å². The molecule has 2 aromatic heterocycles. The summed E-state index contributed by atoms with van der Waals surface area (Å²) in [5, 5.41) is 5.98. The van der Waals surface area contributed by atoms with Gasteiger partial charge in [0.1, 0.15) is 10.8 Å². The number of nitrogens with one attached hydrogen (secondary N) is 1. The van der Waals surface area contributed by atoms with Crippen LogP contribution in [-0.2, 0) is 5.41 Å². The number of urea groups is 1. The summed E-state index contributed by atoms with van der Waals surface area (Å²) in [6, 6.07) is 3.20. The number of carbonyl (C=O) groups is 2. The number of aromatic nitrogens is 1. The first-order valence-corrected chi connectivity index (χ1v) is 10.4. The highest BCUT2D eigenvalue weighted by atomic mass is 32.1. The Hall–Kier alpha value is -2.35. The molecule has 3 heterocycles. The van der Waals surface area contributed by atoms with Crippen molar-refractivity contribution in [3.8, 4) is 0 Å². The molecule has 0 spiro atoms. The molecule has 0 saturated carbocycles. The van der Waals surface area contributed by atoms with Crippen LogP contribution < -0.4 is 5.32 Å². The highest BCUT2D eigenvalue weighted by Crippen LogP contribution is 2.26. The maximum absolute atomic E-state index is 12.6. The maximum atomic E-state index is 12.6. The molecule has 7 nitrogen and oxygen atoms in total. The third kappa shape index (κ3) is 4.55. The van der Waals surface area contributed by atoms with Gasteiger partial charge in [0.15, 0.2) is 5.76 Å². The molecule has 152 valence electrons. The smallest absolute Gasteiger partial charge is 0.318 e. The molecule has 1 aliphatic heterocycles. The highest BCUT2D eigenvalue weighted by Gasteiger charge is 2.27. The van der Waals surface area contributed by atoms with Crippen molar-refractivity contribution in [1.82, 2.24) is 20.1 Å². The summed E-state index contributed by atoms with van der Waals surface area (Å²) >= 11 is 1.57. The number of nitrogens with zero attached hydrogens (tertiary/aromatic N) is 3. The normalized spacial score (nSPS) is 16.2. The van der Waals surface area contributed by atoms with Crippen LogP contribution in [-0.4, -0.2) is 52.9 Å². The molecule has 1 atom stereocenters. The average Bonchev–Trinajstić information content (AvgIpc) is 3.30. The molecule has 8 heteroatoms. The van der Waals surface area contributed by atoms with Gasteiger partial charge in [0.05, 0.1) is 11.7 Å². The second-order valence-electron chi connectivity index (χ2n) is 8.18. The predicted octanol–water partition coefficient (Wildman–Crippen LogP) is 3.57. The lowest BCUT2D eigenvalue weighted by molar-refractivity contribution is 0.0631. The van der Waals surface area contributed by atoms with Crippen molar-refractivity contribution in [2.45, 2.75) is 46.1 Å². The van der Waals surface area contributed by atoms with Crippen molar-refractivity contribution in [2.24, 2.45) is 0 Å². The van der Waals surface area contributed by atoms with E-state index in [-0.39, 0.29) is 23.4 Å². The van der Waals surface area contributed by atoms with Crippen LogP contribution in [0.4, 0.5) is 4.79 Å². The van der Waals surface area contributed by atoms with Crippen molar-refractivity contribution in [2.75, 3.05) is 26.2 Å². The van der Waals surface area contributed by atoms with E-state index in [1.165, 1.54) is 0 Å². The van der Waals surface area contributed by atoms with E-state index in [0.29, 0.717) is 37.7 Å². The fourth-order valence-corrected chi connectivity index (χ4v) is 4.04. The summed E-state index contributed by atoms with van der Waals surface area (Å²) in [6.45, 7) is 12.1. The Morgan fingerprint density at radius 2 is 1.82 bits per heavy atom. The van der Waals surface area contributed by atoms with Crippen molar-refractivity contribution in [1.29, 1.82) is 0 Å². The number of hydrogen-bond donors (Lipinski definition) is 1. The monoisotopic (exact) mass is 404 g/mol. The van der Waals surface area contributed by atoms with Crippen LogP contribution in [0.3, 0.4) is 0 Å². The van der Waals surface area contributed by atoms with Crippen molar-refractivity contribution < 1.29 is 14.0 Å². The molecule has 1 unspecified atom stereocenters. The number of rotatable bonds is 3. The quantitative estimate of drug-likeness (QED) is 0.848. The van der Waals surface area contributed by atoms with E-state index in [9.17, 15) is 9.59 Å². The first kappa shape index (κ1) is 20.4. The van der Waals surface area contributed by atoms with Gasteiger partial charge in [-0.15, -0.1) is 11.3 Å². The zero-order chi connectivity index (χ0) is 20.5. The second-order valence-corrected chi connectivity index (χ2v) is 9.07. The van der Waals surface area contributed by atoms with Gasteiger partial charge in [0.25, 0.3) is 5.91 Å². The van der Waals surface area contributed by atoms with E-state index in [0.717, 1.165) is 10.7 Å². The fourth-order valence-electron chi connectivity index (χ4n) is 2.99. The summed E-state index contributed by atoms with van der Waals surface area (Å²) in [6.07, 6.45) is 0. The number of piperazine rings is 1. The lowest BCUT2D eigenvalue weighted by Crippen LogP contribution is -2.53. The molecule has 0 aliphatic carbocycles. The van der Waals surface area contributed by atoms with Crippen LogP contribution in [0, 0.1) is 6.92 Å². The third-order valence-corrected chi connectivity index (χ3v) is 5.83. The molecule has 28 heavy (non-hydrogen) atoms. The zero-order valence-electron chi connectivity index (χ0n) is 17.1. The molecular formula is C20H28N4O3S. The molecule has 1 N–H and O–H groups in total. The van der Waals surface area contributed by atoms with E-state index in [1.54, 1.807) is 33.3 Å². The Labute approximate surface area is 169 Å².